The van der Waals surface area contributed by atoms with Crippen LogP contribution in [0.3, 0.4) is 0 Å². The van der Waals surface area contributed by atoms with E-state index in [-0.39, 0.29) is 16.2 Å². The summed E-state index contributed by atoms with van der Waals surface area (Å²) in [6, 6.07) is 4.39. The maximum absolute atomic E-state index is 13.0. The highest BCUT2D eigenvalue weighted by atomic mass is 32.2. The minimum Gasteiger partial charge on any atom is -0.495 e. The highest BCUT2D eigenvalue weighted by Crippen LogP contribution is 2.28. The molecule has 0 saturated carbocycles. The number of methoxy groups -OCH3 is 1. The maximum atomic E-state index is 13.0. The molecule has 0 bridgehead atoms. The summed E-state index contributed by atoms with van der Waals surface area (Å²) in [4.78, 5) is 19.5. The summed E-state index contributed by atoms with van der Waals surface area (Å²) < 4.78 is 37.9. The molecular weight excluding hydrogens is 440 g/mol. The van der Waals surface area contributed by atoms with Gasteiger partial charge < -0.3 is 9.47 Å². The van der Waals surface area contributed by atoms with Crippen molar-refractivity contribution in [3.05, 3.63) is 34.8 Å². The third kappa shape index (κ3) is 5.60. The average Bonchev–Trinajstić information content (AvgIpc) is 3.21. The third-order valence-corrected chi connectivity index (χ3v) is 7.89. The molecule has 0 unspecified atom stereocenters. The number of hydrogen-bond donors (Lipinski definition) is 1. The fraction of sp³-hybridized carbons (Fsp3) is 0.500. The minimum atomic E-state index is -3.79. The number of carbonyl (C=O) groups is 1. The molecule has 3 rings (SSSR count). The van der Waals surface area contributed by atoms with Crippen molar-refractivity contribution < 1.29 is 22.7 Å². The van der Waals surface area contributed by atoms with E-state index in [0.717, 1.165) is 18.8 Å². The van der Waals surface area contributed by atoms with Crippen LogP contribution in [0.4, 0.5) is 5.13 Å². The lowest BCUT2D eigenvalue weighted by atomic mass is 10.2. The number of benzene rings is 1. The van der Waals surface area contributed by atoms with Gasteiger partial charge in [0, 0.05) is 43.7 Å². The number of hydrogen-bond acceptors (Lipinski definition) is 8. The Bertz CT molecular complexity index is 999. The van der Waals surface area contributed by atoms with Gasteiger partial charge in [-0.3, -0.25) is 15.0 Å². The molecule has 0 atom stereocenters. The highest BCUT2D eigenvalue weighted by molar-refractivity contribution is 7.89. The van der Waals surface area contributed by atoms with E-state index >= 15 is 0 Å². The first-order valence-electron chi connectivity index (χ1n) is 10.1. The topological polar surface area (TPSA) is 101 Å². The lowest BCUT2D eigenvalue weighted by molar-refractivity contribution is 0.0337. The molecule has 1 aliphatic rings. The molecule has 170 valence electrons. The SMILES string of the molecule is CCN(CC)S(=O)(=O)c1cc(C(=O)Nc2nc(CN3CCOCC3)cs2)ccc1OC. The van der Waals surface area contributed by atoms with Crippen LogP contribution < -0.4 is 10.1 Å². The molecule has 1 aliphatic heterocycles. The molecule has 1 aromatic carbocycles. The first-order chi connectivity index (χ1) is 14.9. The van der Waals surface area contributed by atoms with E-state index in [4.69, 9.17) is 9.47 Å². The molecular formula is C20H28N4O5S2. The number of aromatic nitrogens is 1. The predicted molar refractivity (Wildman–Crippen MR) is 119 cm³/mol. The molecule has 0 spiro atoms. The summed E-state index contributed by atoms with van der Waals surface area (Å²) in [6.45, 7) is 8.01. The Balaban J connectivity index is 1.76. The van der Waals surface area contributed by atoms with E-state index in [2.05, 4.69) is 15.2 Å². The van der Waals surface area contributed by atoms with Gasteiger partial charge in [-0.05, 0) is 18.2 Å². The number of ether oxygens (including phenoxy) is 2. The molecule has 1 N–H and O–H groups in total. The first-order valence-corrected chi connectivity index (χ1v) is 12.4. The van der Waals surface area contributed by atoms with Gasteiger partial charge >= 0.3 is 0 Å². The van der Waals surface area contributed by atoms with Crippen molar-refractivity contribution in [2.45, 2.75) is 25.3 Å². The second kappa shape index (κ2) is 10.5. The number of nitrogens with zero attached hydrogens (tertiary/aromatic N) is 3. The summed E-state index contributed by atoms with van der Waals surface area (Å²) in [5, 5.41) is 5.15. The van der Waals surface area contributed by atoms with Gasteiger partial charge in [-0.2, -0.15) is 4.31 Å². The molecule has 2 heterocycles. The smallest absolute Gasteiger partial charge is 0.257 e. The third-order valence-electron chi connectivity index (χ3n) is 5.01. The number of carbonyl (C=O) groups excluding carboxylic acids is 1. The van der Waals surface area contributed by atoms with Crippen molar-refractivity contribution in [1.29, 1.82) is 0 Å². The van der Waals surface area contributed by atoms with Crippen molar-refractivity contribution in [3.63, 3.8) is 0 Å². The summed E-state index contributed by atoms with van der Waals surface area (Å²) in [6.07, 6.45) is 0. The predicted octanol–water partition coefficient (Wildman–Crippen LogP) is 2.27. The second-order valence-corrected chi connectivity index (χ2v) is 9.71. The van der Waals surface area contributed by atoms with E-state index in [1.807, 2.05) is 5.38 Å². The number of nitrogens with one attached hydrogen (secondary N) is 1. The van der Waals surface area contributed by atoms with Gasteiger partial charge in [-0.15, -0.1) is 11.3 Å². The standard InChI is InChI=1S/C20H28N4O5S2/c1-4-24(5-2)31(26,27)18-12-15(6-7-17(18)28-3)19(25)22-20-21-16(14-30-20)13-23-8-10-29-11-9-23/h6-7,12,14H,4-5,8-11,13H2,1-3H3,(H,21,22,25). The molecule has 0 aliphatic carbocycles. The van der Waals surface area contributed by atoms with Crippen molar-refractivity contribution in [2.24, 2.45) is 0 Å². The summed E-state index contributed by atoms with van der Waals surface area (Å²) in [7, 11) is -2.38. The zero-order valence-electron chi connectivity index (χ0n) is 18.0. The lowest BCUT2D eigenvalue weighted by Gasteiger charge is -2.25. The van der Waals surface area contributed by atoms with Gasteiger partial charge in [0.05, 0.1) is 26.0 Å². The van der Waals surface area contributed by atoms with E-state index in [1.165, 1.54) is 41.0 Å². The number of sulfonamides is 1. The average molecular weight is 469 g/mol. The van der Waals surface area contributed by atoms with E-state index in [1.54, 1.807) is 13.8 Å². The Morgan fingerprint density at radius 1 is 1.29 bits per heavy atom. The van der Waals surface area contributed by atoms with Gasteiger partial charge in [0.15, 0.2) is 5.13 Å². The molecule has 11 heteroatoms. The van der Waals surface area contributed by atoms with Crippen LogP contribution in [-0.4, -0.2) is 75.0 Å². The van der Waals surface area contributed by atoms with Gasteiger partial charge in [-0.1, -0.05) is 13.8 Å². The zero-order chi connectivity index (χ0) is 22.4. The maximum Gasteiger partial charge on any atom is 0.257 e. The van der Waals surface area contributed by atoms with E-state index < -0.39 is 15.9 Å². The summed E-state index contributed by atoms with van der Waals surface area (Å²) in [5.41, 5.74) is 1.10. The number of morpholine rings is 1. The van der Waals surface area contributed by atoms with E-state index in [9.17, 15) is 13.2 Å². The zero-order valence-corrected chi connectivity index (χ0v) is 19.6. The number of thiazole rings is 1. The Hall–Kier alpha value is -2.05. The van der Waals surface area contributed by atoms with Crippen molar-refractivity contribution in [3.8, 4) is 5.75 Å². The molecule has 0 radical (unpaired) electrons. The van der Waals surface area contributed by atoms with Crippen molar-refractivity contribution in [2.75, 3.05) is 51.8 Å². The Morgan fingerprint density at radius 2 is 2.00 bits per heavy atom. The van der Waals surface area contributed by atoms with Crippen LogP contribution in [0.5, 0.6) is 5.75 Å². The van der Waals surface area contributed by atoms with E-state index in [0.29, 0.717) is 38.0 Å². The molecule has 1 amide bonds. The molecule has 31 heavy (non-hydrogen) atoms. The molecule has 2 aromatic rings. The lowest BCUT2D eigenvalue weighted by Crippen LogP contribution is -2.35. The molecule has 1 aromatic heterocycles. The highest BCUT2D eigenvalue weighted by Gasteiger charge is 2.27. The fourth-order valence-electron chi connectivity index (χ4n) is 3.32. The monoisotopic (exact) mass is 468 g/mol. The Kier molecular flexibility index (Phi) is 8.00. The number of anilines is 1. The summed E-state index contributed by atoms with van der Waals surface area (Å²) in [5.74, 6) is -0.226. The number of amides is 1. The van der Waals surface area contributed by atoms with Gasteiger partial charge in [0.25, 0.3) is 5.91 Å². The largest absolute Gasteiger partial charge is 0.495 e. The molecule has 9 nitrogen and oxygen atoms in total. The second-order valence-electron chi connectivity index (χ2n) is 6.94. The van der Waals surface area contributed by atoms with Crippen LogP contribution in [0.25, 0.3) is 0 Å². The van der Waals surface area contributed by atoms with Crippen LogP contribution in [0, 0.1) is 0 Å². The minimum absolute atomic E-state index is 0.0292. The van der Waals surface area contributed by atoms with Crippen LogP contribution in [-0.2, 0) is 21.3 Å². The first kappa shape index (κ1) is 23.6. The van der Waals surface area contributed by atoms with Gasteiger partial charge in [-0.25, -0.2) is 13.4 Å². The summed E-state index contributed by atoms with van der Waals surface area (Å²) >= 11 is 1.34. The Morgan fingerprint density at radius 3 is 2.65 bits per heavy atom. The normalized spacial score (nSPS) is 15.2. The molecule has 1 fully saturated rings. The van der Waals surface area contributed by atoms with Crippen LogP contribution in [0.15, 0.2) is 28.5 Å². The van der Waals surface area contributed by atoms with Crippen molar-refractivity contribution in [1.82, 2.24) is 14.2 Å². The Labute approximate surface area is 187 Å². The van der Waals surface area contributed by atoms with Gasteiger partial charge in [0.2, 0.25) is 10.0 Å². The van der Waals surface area contributed by atoms with Gasteiger partial charge in [0.1, 0.15) is 10.6 Å². The quantitative estimate of drug-likeness (QED) is 0.602. The van der Waals surface area contributed by atoms with Crippen LogP contribution in [0.1, 0.15) is 29.9 Å². The van der Waals surface area contributed by atoms with Crippen LogP contribution in [0.2, 0.25) is 0 Å². The number of rotatable bonds is 9. The molecule has 1 saturated heterocycles. The van der Waals surface area contributed by atoms with Crippen molar-refractivity contribution >= 4 is 32.4 Å². The van der Waals surface area contributed by atoms with Crippen LogP contribution >= 0.6 is 11.3 Å². The fourth-order valence-corrected chi connectivity index (χ4v) is 5.65.